The van der Waals surface area contributed by atoms with Crippen LogP contribution in [0.5, 0.6) is 0 Å². The molecule has 2 rings (SSSR count). The van der Waals surface area contributed by atoms with E-state index in [0.717, 1.165) is 31.7 Å². The number of rotatable bonds is 3. The van der Waals surface area contributed by atoms with E-state index in [1.165, 1.54) is 0 Å². The minimum atomic E-state index is -0.0296. The van der Waals surface area contributed by atoms with Gasteiger partial charge in [0.1, 0.15) is 5.82 Å². The van der Waals surface area contributed by atoms with Gasteiger partial charge in [0.05, 0.1) is 5.56 Å². The van der Waals surface area contributed by atoms with E-state index in [1.54, 1.807) is 25.2 Å². The number of carbonyl (C=O) groups excluding carboxylic acids is 1. The van der Waals surface area contributed by atoms with Gasteiger partial charge in [0.25, 0.3) is 5.91 Å². The van der Waals surface area contributed by atoms with Crippen LogP contribution in [0.15, 0.2) is 18.3 Å². The molecular formula is C14H21N3O2. The summed E-state index contributed by atoms with van der Waals surface area (Å²) in [7, 11) is 3.46. The number of hydrogen-bond acceptors (Lipinski definition) is 4. The molecule has 1 amide bonds. The fourth-order valence-corrected chi connectivity index (χ4v) is 2.30. The number of amides is 1. The summed E-state index contributed by atoms with van der Waals surface area (Å²) < 4.78 is 0. The van der Waals surface area contributed by atoms with Gasteiger partial charge in [-0.2, -0.15) is 0 Å². The van der Waals surface area contributed by atoms with Gasteiger partial charge < -0.3 is 14.9 Å². The molecule has 1 fully saturated rings. The molecule has 0 bridgehead atoms. The Labute approximate surface area is 113 Å². The smallest absolute Gasteiger partial charge is 0.254 e. The summed E-state index contributed by atoms with van der Waals surface area (Å²) in [5.41, 5.74) is 0.610. The van der Waals surface area contributed by atoms with E-state index < -0.39 is 0 Å². The quantitative estimate of drug-likeness (QED) is 0.883. The number of aromatic nitrogens is 1. The van der Waals surface area contributed by atoms with Crippen LogP contribution < -0.4 is 4.90 Å². The summed E-state index contributed by atoms with van der Waals surface area (Å²) in [6.07, 6.45) is 3.63. The number of piperidine rings is 1. The van der Waals surface area contributed by atoms with Crippen LogP contribution in [0.2, 0.25) is 0 Å². The van der Waals surface area contributed by atoms with Crippen molar-refractivity contribution >= 4 is 11.7 Å². The molecule has 2 heterocycles. The fraction of sp³-hybridized carbons (Fsp3) is 0.571. The second-order valence-electron chi connectivity index (χ2n) is 5.22. The summed E-state index contributed by atoms with van der Waals surface area (Å²) in [4.78, 5) is 19.9. The first-order valence-corrected chi connectivity index (χ1v) is 6.65. The highest BCUT2D eigenvalue weighted by atomic mass is 16.3. The third kappa shape index (κ3) is 3.23. The van der Waals surface area contributed by atoms with E-state index in [1.807, 2.05) is 12.1 Å². The lowest BCUT2D eigenvalue weighted by Crippen LogP contribution is -2.35. The molecule has 1 saturated heterocycles. The summed E-state index contributed by atoms with van der Waals surface area (Å²) in [6.45, 7) is 2.11. The first kappa shape index (κ1) is 13.8. The number of nitrogens with zero attached hydrogens (tertiary/aromatic N) is 3. The summed E-state index contributed by atoms with van der Waals surface area (Å²) in [6, 6.07) is 3.72. The molecule has 104 valence electrons. The number of hydrogen-bond donors (Lipinski definition) is 1. The second kappa shape index (κ2) is 6.02. The Balaban J connectivity index is 2.01. The highest BCUT2D eigenvalue weighted by molar-refractivity contribution is 5.93. The minimum absolute atomic E-state index is 0.0296. The third-order valence-corrected chi connectivity index (χ3v) is 3.60. The van der Waals surface area contributed by atoms with Gasteiger partial charge in [-0.1, -0.05) is 0 Å². The normalized spacial score (nSPS) is 16.5. The molecular weight excluding hydrogens is 242 g/mol. The molecule has 19 heavy (non-hydrogen) atoms. The number of aliphatic hydroxyl groups is 1. The van der Waals surface area contributed by atoms with Gasteiger partial charge in [0, 0.05) is 40.0 Å². The zero-order valence-corrected chi connectivity index (χ0v) is 11.5. The Morgan fingerprint density at radius 3 is 2.58 bits per heavy atom. The molecule has 0 atom stereocenters. The number of pyridine rings is 1. The number of carbonyl (C=O) groups is 1. The summed E-state index contributed by atoms with van der Waals surface area (Å²) in [5.74, 6) is 1.30. The van der Waals surface area contributed by atoms with Crippen molar-refractivity contribution in [3.63, 3.8) is 0 Å². The van der Waals surface area contributed by atoms with E-state index in [-0.39, 0.29) is 12.5 Å². The third-order valence-electron chi connectivity index (χ3n) is 3.60. The van der Waals surface area contributed by atoms with Crippen LogP contribution in [-0.4, -0.2) is 54.7 Å². The molecule has 5 nitrogen and oxygen atoms in total. The van der Waals surface area contributed by atoms with Crippen LogP contribution in [0.1, 0.15) is 23.2 Å². The Hall–Kier alpha value is -1.62. The van der Waals surface area contributed by atoms with Gasteiger partial charge >= 0.3 is 0 Å². The van der Waals surface area contributed by atoms with Crippen molar-refractivity contribution < 1.29 is 9.90 Å². The van der Waals surface area contributed by atoms with Crippen LogP contribution in [0.4, 0.5) is 5.82 Å². The van der Waals surface area contributed by atoms with Gasteiger partial charge in [-0.15, -0.1) is 0 Å². The van der Waals surface area contributed by atoms with Crippen LogP contribution in [0.3, 0.4) is 0 Å². The SMILES string of the molecule is CN(C)C(=O)c1ccc(N2CCC(CO)CC2)nc1. The van der Waals surface area contributed by atoms with Crippen LogP contribution in [0.25, 0.3) is 0 Å². The Bertz CT molecular complexity index is 423. The van der Waals surface area contributed by atoms with Crippen molar-refractivity contribution in [2.45, 2.75) is 12.8 Å². The van der Waals surface area contributed by atoms with Crippen molar-refractivity contribution in [2.75, 3.05) is 38.7 Å². The molecule has 0 saturated carbocycles. The molecule has 1 aromatic heterocycles. The molecule has 0 aliphatic carbocycles. The Morgan fingerprint density at radius 1 is 1.42 bits per heavy atom. The zero-order chi connectivity index (χ0) is 13.8. The Kier molecular flexibility index (Phi) is 4.37. The molecule has 1 aliphatic heterocycles. The van der Waals surface area contributed by atoms with E-state index in [9.17, 15) is 4.79 Å². The van der Waals surface area contributed by atoms with Crippen LogP contribution in [-0.2, 0) is 0 Å². The number of anilines is 1. The van der Waals surface area contributed by atoms with Crippen molar-refractivity contribution in [1.82, 2.24) is 9.88 Å². The average Bonchev–Trinajstić information content (AvgIpc) is 2.46. The molecule has 0 radical (unpaired) electrons. The predicted molar refractivity (Wildman–Crippen MR) is 74.3 cm³/mol. The predicted octanol–water partition coefficient (Wildman–Crippen LogP) is 0.992. The van der Waals surface area contributed by atoms with Gasteiger partial charge in [-0.05, 0) is 30.9 Å². The molecule has 5 heteroatoms. The van der Waals surface area contributed by atoms with Gasteiger partial charge in [0.2, 0.25) is 0 Å². The van der Waals surface area contributed by atoms with Crippen LogP contribution >= 0.6 is 0 Å². The number of aliphatic hydroxyl groups excluding tert-OH is 1. The lowest BCUT2D eigenvalue weighted by atomic mass is 9.98. The lowest BCUT2D eigenvalue weighted by molar-refractivity contribution is 0.0827. The van der Waals surface area contributed by atoms with Crippen molar-refractivity contribution in [1.29, 1.82) is 0 Å². The molecule has 0 spiro atoms. The molecule has 1 aliphatic rings. The molecule has 0 aromatic carbocycles. The van der Waals surface area contributed by atoms with Gasteiger partial charge in [-0.25, -0.2) is 4.98 Å². The molecule has 0 unspecified atom stereocenters. The minimum Gasteiger partial charge on any atom is -0.396 e. The fourth-order valence-electron chi connectivity index (χ4n) is 2.30. The Morgan fingerprint density at radius 2 is 2.11 bits per heavy atom. The largest absolute Gasteiger partial charge is 0.396 e. The first-order chi connectivity index (χ1) is 9.11. The van der Waals surface area contributed by atoms with Crippen LogP contribution in [0, 0.1) is 5.92 Å². The lowest BCUT2D eigenvalue weighted by Gasteiger charge is -2.32. The monoisotopic (exact) mass is 263 g/mol. The van der Waals surface area contributed by atoms with E-state index >= 15 is 0 Å². The second-order valence-corrected chi connectivity index (χ2v) is 5.22. The maximum absolute atomic E-state index is 11.8. The van der Waals surface area contributed by atoms with Gasteiger partial charge in [-0.3, -0.25) is 4.79 Å². The zero-order valence-electron chi connectivity index (χ0n) is 11.5. The summed E-state index contributed by atoms with van der Waals surface area (Å²) in [5, 5.41) is 9.12. The van der Waals surface area contributed by atoms with Crippen molar-refractivity contribution in [3.05, 3.63) is 23.9 Å². The maximum Gasteiger partial charge on any atom is 0.254 e. The topological polar surface area (TPSA) is 56.7 Å². The maximum atomic E-state index is 11.8. The highest BCUT2D eigenvalue weighted by Gasteiger charge is 2.19. The molecule has 1 N–H and O–H groups in total. The van der Waals surface area contributed by atoms with Gasteiger partial charge in [0.15, 0.2) is 0 Å². The van der Waals surface area contributed by atoms with Crippen molar-refractivity contribution in [3.8, 4) is 0 Å². The molecule has 1 aromatic rings. The average molecular weight is 263 g/mol. The van der Waals surface area contributed by atoms with E-state index in [4.69, 9.17) is 5.11 Å². The highest BCUT2D eigenvalue weighted by Crippen LogP contribution is 2.21. The first-order valence-electron chi connectivity index (χ1n) is 6.65. The standard InChI is InChI=1S/C14H21N3O2/c1-16(2)14(19)12-3-4-13(15-9-12)17-7-5-11(10-18)6-8-17/h3-4,9,11,18H,5-8,10H2,1-2H3. The summed E-state index contributed by atoms with van der Waals surface area (Å²) >= 11 is 0. The van der Waals surface area contributed by atoms with E-state index in [0.29, 0.717) is 11.5 Å². The van der Waals surface area contributed by atoms with Crippen molar-refractivity contribution in [2.24, 2.45) is 5.92 Å². The van der Waals surface area contributed by atoms with E-state index in [2.05, 4.69) is 9.88 Å².